The Bertz CT molecular complexity index is 394. The second-order valence-corrected chi connectivity index (χ2v) is 5.37. The van der Waals surface area contributed by atoms with E-state index < -0.39 is 6.04 Å². The third kappa shape index (κ3) is 2.72. The van der Waals surface area contributed by atoms with E-state index in [1.807, 2.05) is 18.4 Å². The van der Waals surface area contributed by atoms with Gasteiger partial charge in [-0.15, -0.1) is 0 Å². The molecule has 5 nitrogen and oxygen atoms in total. The normalized spacial score (nSPS) is 24.7. The zero-order valence-electron chi connectivity index (χ0n) is 10.4. The Morgan fingerprint density at radius 2 is 2.44 bits per heavy atom. The number of nitrogens with zero attached hydrogens (tertiary/aromatic N) is 1. The van der Waals surface area contributed by atoms with Crippen LogP contribution in [0, 0.1) is 0 Å². The van der Waals surface area contributed by atoms with Gasteiger partial charge in [-0.3, -0.25) is 9.69 Å². The molecule has 1 saturated heterocycles. The number of morpholine rings is 1. The van der Waals surface area contributed by atoms with Crippen LogP contribution in [-0.2, 0) is 9.53 Å². The van der Waals surface area contributed by atoms with E-state index in [9.17, 15) is 4.79 Å². The van der Waals surface area contributed by atoms with Crippen LogP contribution in [0.3, 0.4) is 0 Å². The number of carbonyl (C=O) groups excluding carboxylic acids is 1. The smallest absolute Gasteiger partial charge is 0.237 e. The molecule has 0 bridgehead atoms. The molecule has 3 atom stereocenters. The maximum absolute atomic E-state index is 11.5. The fourth-order valence-corrected chi connectivity index (χ4v) is 3.12. The Labute approximate surface area is 111 Å². The summed E-state index contributed by atoms with van der Waals surface area (Å²) in [6.45, 7) is 3.59. The fraction of sp³-hybridized carbons (Fsp3) is 0.583. The lowest BCUT2D eigenvalue weighted by Crippen LogP contribution is -2.56. The molecule has 2 heterocycles. The number of amides is 1. The highest BCUT2D eigenvalue weighted by atomic mass is 32.1. The summed E-state index contributed by atoms with van der Waals surface area (Å²) in [5.41, 5.74) is 12.7. The molecular formula is C12H19N3O2S. The first-order valence-corrected chi connectivity index (χ1v) is 6.96. The van der Waals surface area contributed by atoms with Gasteiger partial charge in [0.05, 0.1) is 19.3 Å². The minimum absolute atomic E-state index is 0.0117. The lowest BCUT2D eigenvalue weighted by atomic mass is 9.99. The molecule has 4 N–H and O–H groups in total. The van der Waals surface area contributed by atoms with E-state index in [0.717, 1.165) is 5.56 Å². The monoisotopic (exact) mass is 269 g/mol. The predicted molar refractivity (Wildman–Crippen MR) is 71.2 cm³/mol. The first-order valence-electron chi connectivity index (χ1n) is 6.01. The van der Waals surface area contributed by atoms with Crippen molar-refractivity contribution in [2.75, 3.05) is 19.8 Å². The molecule has 1 aliphatic rings. The van der Waals surface area contributed by atoms with Crippen molar-refractivity contribution in [1.29, 1.82) is 0 Å². The predicted octanol–water partition coefficient (Wildman–Crippen LogP) is 0.323. The van der Waals surface area contributed by atoms with E-state index in [4.69, 9.17) is 16.2 Å². The largest absolute Gasteiger partial charge is 0.378 e. The number of hydrogen-bond donors (Lipinski definition) is 2. The average Bonchev–Trinajstić information content (AvgIpc) is 2.83. The van der Waals surface area contributed by atoms with E-state index in [2.05, 4.69) is 10.3 Å². The van der Waals surface area contributed by atoms with Gasteiger partial charge in [-0.25, -0.2) is 0 Å². The number of hydrogen-bond acceptors (Lipinski definition) is 5. The van der Waals surface area contributed by atoms with E-state index in [1.165, 1.54) is 0 Å². The van der Waals surface area contributed by atoms with Gasteiger partial charge in [0.1, 0.15) is 6.04 Å². The first-order chi connectivity index (χ1) is 8.61. The molecule has 0 aliphatic carbocycles. The summed E-state index contributed by atoms with van der Waals surface area (Å²) >= 11 is 1.63. The summed E-state index contributed by atoms with van der Waals surface area (Å²) in [4.78, 5) is 13.6. The molecule has 100 valence electrons. The van der Waals surface area contributed by atoms with Crippen LogP contribution >= 0.6 is 11.3 Å². The van der Waals surface area contributed by atoms with Gasteiger partial charge >= 0.3 is 0 Å². The second-order valence-electron chi connectivity index (χ2n) is 4.59. The fourth-order valence-electron chi connectivity index (χ4n) is 2.44. The van der Waals surface area contributed by atoms with Gasteiger partial charge in [0, 0.05) is 12.6 Å². The van der Waals surface area contributed by atoms with Crippen molar-refractivity contribution in [3.8, 4) is 0 Å². The maximum atomic E-state index is 11.5. The summed E-state index contributed by atoms with van der Waals surface area (Å²) in [5, 5.41) is 4.09. The standard InChI is InChI=1S/C12H19N3O2S/c1-8(13)11(9-2-5-18-7-9)15-3-4-17-6-10(15)12(14)16/h2,5,7-8,10-11H,3-4,6,13H2,1H3,(H2,14,16). The van der Waals surface area contributed by atoms with Gasteiger partial charge in [-0.2, -0.15) is 11.3 Å². The molecule has 1 aromatic rings. The molecule has 0 spiro atoms. The van der Waals surface area contributed by atoms with Crippen molar-refractivity contribution in [3.05, 3.63) is 22.4 Å². The van der Waals surface area contributed by atoms with Crippen molar-refractivity contribution in [2.45, 2.75) is 25.0 Å². The molecule has 1 aliphatic heterocycles. The van der Waals surface area contributed by atoms with Crippen LogP contribution < -0.4 is 11.5 Å². The van der Waals surface area contributed by atoms with Gasteiger partial charge in [-0.05, 0) is 29.3 Å². The van der Waals surface area contributed by atoms with Gasteiger partial charge in [-0.1, -0.05) is 0 Å². The van der Waals surface area contributed by atoms with E-state index in [0.29, 0.717) is 19.8 Å². The number of thiophene rings is 1. The Hall–Kier alpha value is -0.950. The molecule has 6 heteroatoms. The van der Waals surface area contributed by atoms with Crippen molar-refractivity contribution >= 4 is 17.2 Å². The van der Waals surface area contributed by atoms with Crippen LogP contribution in [0.15, 0.2) is 16.8 Å². The molecular weight excluding hydrogens is 250 g/mol. The number of primary amides is 1. The maximum Gasteiger partial charge on any atom is 0.237 e. The highest BCUT2D eigenvalue weighted by molar-refractivity contribution is 7.07. The van der Waals surface area contributed by atoms with Crippen LogP contribution in [0.25, 0.3) is 0 Å². The second kappa shape index (κ2) is 5.79. The summed E-state index contributed by atoms with van der Waals surface area (Å²) in [6, 6.07) is 1.60. The molecule has 1 amide bonds. The van der Waals surface area contributed by atoms with Crippen LogP contribution in [0.5, 0.6) is 0 Å². The van der Waals surface area contributed by atoms with Crippen molar-refractivity contribution < 1.29 is 9.53 Å². The number of rotatable bonds is 4. The highest BCUT2D eigenvalue weighted by Gasteiger charge is 2.35. The van der Waals surface area contributed by atoms with Crippen LogP contribution in [0.4, 0.5) is 0 Å². The van der Waals surface area contributed by atoms with Gasteiger partial charge in [0.25, 0.3) is 0 Å². The Morgan fingerprint density at radius 1 is 1.67 bits per heavy atom. The summed E-state index contributed by atoms with van der Waals surface area (Å²) in [6.07, 6.45) is 0. The average molecular weight is 269 g/mol. The van der Waals surface area contributed by atoms with Gasteiger partial charge in [0.2, 0.25) is 5.91 Å². The minimum atomic E-state index is -0.394. The minimum Gasteiger partial charge on any atom is -0.378 e. The summed E-state index contributed by atoms with van der Waals surface area (Å²) < 4.78 is 5.34. The zero-order valence-corrected chi connectivity index (χ0v) is 11.2. The van der Waals surface area contributed by atoms with E-state index in [-0.39, 0.29) is 18.0 Å². The molecule has 18 heavy (non-hydrogen) atoms. The molecule has 0 aromatic carbocycles. The van der Waals surface area contributed by atoms with E-state index >= 15 is 0 Å². The molecule has 0 radical (unpaired) electrons. The highest BCUT2D eigenvalue weighted by Crippen LogP contribution is 2.28. The SMILES string of the molecule is CC(N)C(c1ccsc1)N1CCOCC1C(N)=O. The third-order valence-electron chi connectivity index (χ3n) is 3.24. The third-order valence-corrected chi connectivity index (χ3v) is 3.94. The van der Waals surface area contributed by atoms with Gasteiger partial charge in [0.15, 0.2) is 0 Å². The van der Waals surface area contributed by atoms with Crippen molar-refractivity contribution in [1.82, 2.24) is 4.90 Å². The Balaban J connectivity index is 2.26. The lowest BCUT2D eigenvalue weighted by Gasteiger charge is -2.41. The Kier molecular flexibility index (Phi) is 4.34. The topological polar surface area (TPSA) is 81.6 Å². The quantitative estimate of drug-likeness (QED) is 0.825. The molecule has 2 rings (SSSR count). The van der Waals surface area contributed by atoms with Crippen LogP contribution in [-0.4, -0.2) is 42.6 Å². The molecule has 1 fully saturated rings. The molecule has 0 saturated carbocycles. The zero-order chi connectivity index (χ0) is 13.1. The van der Waals surface area contributed by atoms with Crippen LogP contribution in [0.1, 0.15) is 18.5 Å². The molecule has 1 aromatic heterocycles. The van der Waals surface area contributed by atoms with Crippen molar-refractivity contribution in [2.24, 2.45) is 11.5 Å². The summed E-state index contributed by atoms with van der Waals surface area (Å²) in [5.74, 6) is -0.351. The van der Waals surface area contributed by atoms with Crippen LogP contribution in [0.2, 0.25) is 0 Å². The first kappa shape index (κ1) is 13.5. The lowest BCUT2D eigenvalue weighted by molar-refractivity contribution is -0.131. The van der Waals surface area contributed by atoms with Gasteiger partial charge < -0.3 is 16.2 Å². The Morgan fingerprint density at radius 3 is 3.00 bits per heavy atom. The number of ether oxygens (including phenoxy) is 1. The number of nitrogens with two attached hydrogens (primary N) is 2. The van der Waals surface area contributed by atoms with Crippen molar-refractivity contribution in [3.63, 3.8) is 0 Å². The summed E-state index contributed by atoms with van der Waals surface area (Å²) in [7, 11) is 0. The van der Waals surface area contributed by atoms with E-state index in [1.54, 1.807) is 11.3 Å². The number of carbonyl (C=O) groups is 1. The molecule has 3 unspecified atom stereocenters.